The molecule has 0 aromatic carbocycles. The third-order valence-corrected chi connectivity index (χ3v) is 4.39. The molecule has 0 radical (unpaired) electrons. The van der Waals surface area contributed by atoms with Crippen LogP contribution in [-0.2, 0) is 16.1 Å². The number of carbonyl (C=O) groups excluding carboxylic acids is 1. The van der Waals surface area contributed by atoms with Crippen molar-refractivity contribution in [1.82, 2.24) is 4.90 Å². The monoisotopic (exact) mass is 295 g/mol. The number of thiophene rings is 1. The van der Waals surface area contributed by atoms with Gasteiger partial charge < -0.3 is 4.74 Å². The van der Waals surface area contributed by atoms with Crippen molar-refractivity contribution in [2.45, 2.75) is 58.0 Å². The Hall–Kier alpha value is -0.870. The molecule has 0 bridgehead atoms. The van der Waals surface area contributed by atoms with Crippen LogP contribution in [0.2, 0.25) is 0 Å². The quantitative estimate of drug-likeness (QED) is 0.485. The minimum Gasteiger partial charge on any atom is -0.466 e. The standard InChI is InChI=1S/C16H25NO2S/c1-2-19-16(18)6-4-3-5-10-17(15-7-8-15)12-14-9-11-20-13-14/h9,11,13,15H,2-8,10,12H2,1H3. The van der Waals surface area contributed by atoms with Crippen molar-refractivity contribution in [2.75, 3.05) is 13.2 Å². The molecule has 0 N–H and O–H groups in total. The molecule has 1 aliphatic rings. The highest BCUT2D eigenvalue weighted by atomic mass is 32.1. The van der Waals surface area contributed by atoms with Crippen molar-refractivity contribution in [3.05, 3.63) is 22.4 Å². The average molecular weight is 295 g/mol. The van der Waals surface area contributed by atoms with E-state index in [0.29, 0.717) is 13.0 Å². The lowest BCUT2D eigenvalue weighted by molar-refractivity contribution is -0.143. The number of esters is 1. The second-order valence-electron chi connectivity index (χ2n) is 5.45. The molecule has 1 aliphatic carbocycles. The Morgan fingerprint density at radius 2 is 2.25 bits per heavy atom. The van der Waals surface area contributed by atoms with Crippen molar-refractivity contribution >= 4 is 17.3 Å². The first-order valence-electron chi connectivity index (χ1n) is 7.70. The minimum atomic E-state index is -0.0511. The largest absolute Gasteiger partial charge is 0.466 e. The highest BCUT2D eigenvalue weighted by Crippen LogP contribution is 2.29. The van der Waals surface area contributed by atoms with Gasteiger partial charge in [0.1, 0.15) is 0 Å². The molecule has 1 aromatic heterocycles. The lowest BCUT2D eigenvalue weighted by Gasteiger charge is -2.21. The van der Waals surface area contributed by atoms with Gasteiger partial charge in [-0.05, 0) is 61.5 Å². The topological polar surface area (TPSA) is 29.5 Å². The molecule has 4 heteroatoms. The maximum Gasteiger partial charge on any atom is 0.305 e. The van der Waals surface area contributed by atoms with Crippen molar-refractivity contribution in [3.63, 3.8) is 0 Å². The predicted molar refractivity (Wildman–Crippen MR) is 82.9 cm³/mol. The summed E-state index contributed by atoms with van der Waals surface area (Å²) < 4.78 is 4.94. The van der Waals surface area contributed by atoms with E-state index >= 15 is 0 Å². The molecule has 0 unspecified atom stereocenters. The van der Waals surface area contributed by atoms with Crippen LogP contribution in [0, 0.1) is 0 Å². The zero-order valence-corrected chi connectivity index (χ0v) is 13.2. The summed E-state index contributed by atoms with van der Waals surface area (Å²) in [7, 11) is 0. The van der Waals surface area contributed by atoms with Gasteiger partial charge in [-0.15, -0.1) is 0 Å². The molecule has 20 heavy (non-hydrogen) atoms. The molecular formula is C16H25NO2S. The minimum absolute atomic E-state index is 0.0511. The Labute approximate surface area is 125 Å². The average Bonchev–Trinajstić information content (AvgIpc) is 3.15. The van der Waals surface area contributed by atoms with Crippen LogP contribution < -0.4 is 0 Å². The van der Waals surface area contributed by atoms with Crippen molar-refractivity contribution < 1.29 is 9.53 Å². The zero-order valence-electron chi connectivity index (χ0n) is 12.3. The fourth-order valence-electron chi connectivity index (χ4n) is 2.44. The van der Waals surface area contributed by atoms with Crippen LogP contribution in [0.5, 0.6) is 0 Å². The summed E-state index contributed by atoms with van der Waals surface area (Å²) in [6.45, 7) is 4.60. The maximum absolute atomic E-state index is 11.2. The molecule has 1 saturated carbocycles. The zero-order chi connectivity index (χ0) is 14.2. The fourth-order valence-corrected chi connectivity index (χ4v) is 3.10. The van der Waals surface area contributed by atoms with Gasteiger partial charge in [0.2, 0.25) is 0 Å². The molecule has 0 atom stereocenters. The Balaban J connectivity index is 1.59. The molecule has 1 heterocycles. The van der Waals surface area contributed by atoms with Gasteiger partial charge in [-0.3, -0.25) is 9.69 Å². The summed E-state index contributed by atoms with van der Waals surface area (Å²) in [6.07, 6.45) is 6.53. The van der Waals surface area contributed by atoms with E-state index < -0.39 is 0 Å². The van der Waals surface area contributed by atoms with E-state index in [9.17, 15) is 4.79 Å². The smallest absolute Gasteiger partial charge is 0.305 e. The number of ether oxygens (including phenoxy) is 1. The summed E-state index contributed by atoms with van der Waals surface area (Å²) in [5.41, 5.74) is 1.44. The number of rotatable bonds is 10. The lowest BCUT2D eigenvalue weighted by atomic mass is 10.2. The number of hydrogen-bond acceptors (Lipinski definition) is 4. The summed E-state index contributed by atoms with van der Waals surface area (Å²) in [5.74, 6) is -0.0511. The van der Waals surface area contributed by atoms with Crippen molar-refractivity contribution in [3.8, 4) is 0 Å². The summed E-state index contributed by atoms with van der Waals surface area (Å²) in [6, 6.07) is 3.03. The fraction of sp³-hybridized carbons (Fsp3) is 0.688. The molecular weight excluding hydrogens is 270 g/mol. The van der Waals surface area contributed by atoms with Crippen LogP contribution in [0.25, 0.3) is 0 Å². The van der Waals surface area contributed by atoms with Crippen LogP contribution in [0.4, 0.5) is 0 Å². The molecule has 0 amide bonds. The van der Waals surface area contributed by atoms with Gasteiger partial charge in [-0.1, -0.05) is 6.42 Å². The molecule has 1 fully saturated rings. The second kappa shape index (κ2) is 8.42. The van der Waals surface area contributed by atoms with Crippen molar-refractivity contribution in [1.29, 1.82) is 0 Å². The molecule has 2 rings (SSSR count). The van der Waals surface area contributed by atoms with E-state index in [2.05, 4.69) is 21.7 Å². The van der Waals surface area contributed by atoms with E-state index in [1.54, 1.807) is 11.3 Å². The third-order valence-electron chi connectivity index (χ3n) is 3.66. The predicted octanol–water partition coefficient (Wildman–Crippen LogP) is 3.84. The van der Waals surface area contributed by atoms with Crippen LogP contribution >= 0.6 is 11.3 Å². The van der Waals surface area contributed by atoms with E-state index in [1.807, 2.05) is 6.92 Å². The van der Waals surface area contributed by atoms with E-state index in [4.69, 9.17) is 4.74 Å². The Bertz CT molecular complexity index is 387. The summed E-state index contributed by atoms with van der Waals surface area (Å²) in [4.78, 5) is 13.8. The van der Waals surface area contributed by atoms with Gasteiger partial charge in [-0.2, -0.15) is 11.3 Å². The van der Waals surface area contributed by atoms with Gasteiger partial charge in [0.25, 0.3) is 0 Å². The lowest BCUT2D eigenvalue weighted by Crippen LogP contribution is -2.26. The number of nitrogens with zero attached hydrogens (tertiary/aromatic N) is 1. The number of carbonyl (C=O) groups is 1. The Morgan fingerprint density at radius 3 is 2.90 bits per heavy atom. The van der Waals surface area contributed by atoms with Gasteiger partial charge in [-0.25, -0.2) is 0 Å². The van der Waals surface area contributed by atoms with Crippen LogP contribution in [-0.4, -0.2) is 30.1 Å². The summed E-state index contributed by atoms with van der Waals surface area (Å²) >= 11 is 1.78. The first-order valence-corrected chi connectivity index (χ1v) is 8.64. The van der Waals surface area contributed by atoms with E-state index in [0.717, 1.165) is 32.0 Å². The van der Waals surface area contributed by atoms with Gasteiger partial charge in [0.05, 0.1) is 6.61 Å². The highest BCUT2D eigenvalue weighted by Gasteiger charge is 2.28. The number of unbranched alkanes of at least 4 members (excludes halogenated alkanes) is 2. The molecule has 0 aliphatic heterocycles. The molecule has 3 nitrogen and oxygen atoms in total. The van der Waals surface area contributed by atoms with Crippen LogP contribution in [0.3, 0.4) is 0 Å². The molecule has 0 saturated heterocycles. The van der Waals surface area contributed by atoms with Gasteiger partial charge in [0, 0.05) is 19.0 Å². The Morgan fingerprint density at radius 1 is 1.40 bits per heavy atom. The Kier molecular flexibility index (Phi) is 6.54. The number of hydrogen-bond donors (Lipinski definition) is 0. The van der Waals surface area contributed by atoms with Crippen LogP contribution in [0.1, 0.15) is 51.0 Å². The normalized spacial score (nSPS) is 14.7. The molecule has 112 valence electrons. The van der Waals surface area contributed by atoms with Crippen molar-refractivity contribution in [2.24, 2.45) is 0 Å². The van der Waals surface area contributed by atoms with Gasteiger partial charge in [0.15, 0.2) is 0 Å². The second-order valence-corrected chi connectivity index (χ2v) is 6.23. The molecule has 0 spiro atoms. The van der Waals surface area contributed by atoms with E-state index in [-0.39, 0.29) is 5.97 Å². The third kappa shape index (κ3) is 5.63. The van der Waals surface area contributed by atoms with E-state index in [1.165, 1.54) is 24.8 Å². The first kappa shape index (κ1) is 15.5. The SMILES string of the molecule is CCOC(=O)CCCCCN(Cc1ccsc1)C1CC1. The molecule has 1 aromatic rings. The van der Waals surface area contributed by atoms with Crippen LogP contribution in [0.15, 0.2) is 16.8 Å². The summed E-state index contributed by atoms with van der Waals surface area (Å²) in [5, 5.41) is 4.40. The first-order chi connectivity index (χ1) is 9.79. The van der Waals surface area contributed by atoms with Gasteiger partial charge >= 0.3 is 5.97 Å². The maximum atomic E-state index is 11.2. The highest BCUT2D eigenvalue weighted by molar-refractivity contribution is 7.07.